The van der Waals surface area contributed by atoms with Gasteiger partial charge < -0.3 is 20.1 Å². The van der Waals surface area contributed by atoms with Gasteiger partial charge in [-0.3, -0.25) is 0 Å². The lowest BCUT2D eigenvalue weighted by atomic mass is 10.1. The molecule has 1 aromatic rings. The smallest absolute Gasteiger partial charge is 0.123 e. The summed E-state index contributed by atoms with van der Waals surface area (Å²) in [6.07, 6.45) is 2.25. The molecule has 2 N–H and O–H groups in total. The van der Waals surface area contributed by atoms with Gasteiger partial charge >= 0.3 is 0 Å². The van der Waals surface area contributed by atoms with E-state index in [0.29, 0.717) is 0 Å². The minimum Gasteiger partial charge on any atom is -0.496 e. The van der Waals surface area contributed by atoms with Crippen LogP contribution in [0.5, 0.6) is 11.5 Å². The number of benzene rings is 1. The van der Waals surface area contributed by atoms with Gasteiger partial charge in [0.2, 0.25) is 0 Å². The Morgan fingerprint density at radius 3 is 2.95 bits per heavy atom. The predicted octanol–water partition coefficient (Wildman–Crippen LogP) is 1.80. The fourth-order valence-electron chi connectivity index (χ4n) is 2.53. The van der Waals surface area contributed by atoms with Crippen LogP contribution in [0.25, 0.3) is 0 Å². The molecule has 1 aliphatic heterocycles. The Bertz CT molecular complexity index is 434. The predicted molar refractivity (Wildman–Crippen MR) is 76.8 cm³/mol. The van der Waals surface area contributed by atoms with Crippen LogP contribution in [-0.4, -0.2) is 38.3 Å². The zero-order chi connectivity index (χ0) is 13.8. The maximum absolute atomic E-state index is 5.82. The van der Waals surface area contributed by atoms with E-state index in [0.717, 1.165) is 44.0 Å². The quantitative estimate of drug-likeness (QED) is 0.851. The van der Waals surface area contributed by atoms with Crippen LogP contribution in [0.3, 0.4) is 0 Å². The Morgan fingerprint density at radius 1 is 1.47 bits per heavy atom. The summed E-state index contributed by atoms with van der Waals surface area (Å²) in [5.41, 5.74) is 7.97. The van der Waals surface area contributed by atoms with E-state index in [-0.39, 0.29) is 6.10 Å². The summed E-state index contributed by atoms with van der Waals surface area (Å²) in [6.45, 7) is 4.67. The Labute approximate surface area is 115 Å². The third-order valence-electron chi connectivity index (χ3n) is 3.48. The van der Waals surface area contributed by atoms with Crippen LogP contribution in [-0.2, 0) is 13.0 Å². The SMILES string of the molecule is COc1cc2c(cc1CN(C)CCCN)OC(C)C2. The molecular weight excluding hydrogens is 240 g/mol. The van der Waals surface area contributed by atoms with E-state index in [1.54, 1.807) is 7.11 Å². The molecule has 1 unspecified atom stereocenters. The van der Waals surface area contributed by atoms with Crippen molar-refractivity contribution in [2.45, 2.75) is 32.4 Å². The van der Waals surface area contributed by atoms with Gasteiger partial charge in [0.25, 0.3) is 0 Å². The van der Waals surface area contributed by atoms with E-state index in [2.05, 4.69) is 31.0 Å². The average molecular weight is 264 g/mol. The van der Waals surface area contributed by atoms with Crippen molar-refractivity contribution in [3.63, 3.8) is 0 Å². The number of methoxy groups -OCH3 is 1. The molecule has 0 saturated heterocycles. The highest BCUT2D eigenvalue weighted by Gasteiger charge is 2.21. The summed E-state index contributed by atoms with van der Waals surface area (Å²) in [7, 11) is 3.83. The second-order valence-electron chi connectivity index (χ2n) is 5.28. The fraction of sp³-hybridized carbons (Fsp3) is 0.600. The molecule has 0 radical (unpaired) electrons. The topological polar surface area (TPSA) is 47.7 Å². The molecule has 1 aromatic carbocycles. The second-order valence-corrected chi connectivity index (χ2v) is 5.28. The van der Waals surface area contributed by atoms with Gasteiger partial charge in [-0.2, -0.15) is 0 Å². The van der Waals surface area contributed by atoms with Gasteiger partial charge in [-0.25, -0.2) is 0 Å². The molecule has 2 rings (SSSR count). The third kappa shape index (κ3) is 3.39. The van der Waals surface area contributed by atoms with E-state index in [1.807, 2.05) is 0 Å². The van der Waals surface area contributed by atoms with Crippen LogP contribution in [0.1, 0.15) is 24.5 Å². The molecule has 0 amide bonds. The standard InChI is InChI=1S/C15H24N2O2/c1-11-7-12-8-14(18-3)13(9-15(12)19-11)10-17(2)6-4-5-16/h8-9,11H,4-7,10,16H2,1-3H3. The number of ether oxygens (including phenoxy) is 2. The summed E-state index contributed by atoms with van der Waals surface area (Å²) in [5.74, 6) is 1.96. The van der Waals surface area contributed by atoms with Crippen molar-refractivity contribution < 1.29 is 9.47 Å². The van der Waals surface area contributed by atoms with E-state index in [9.17, 15) is 0 Å². The van der Waals surface area contributed by atoms with E-state index < -0.39 is 0 Å². The molecule has 0 saturated carbocycles. The van der Waals surface area contributed by atoms with Crippen molar-refractivity contribution in [3.05, 3.63) is 23.3 Å². The molecule has 0 bridgehead atoms. The minimum absolute atomic E-state index is 0.268. The molecule has 0 spiro atoms. The lowest BCUT2D eigenvalue weighted by molar-refractivity contribution is 0.253. The Balaban J connectivity index is 2.13. The first kappa shape index (κ1) is 14.2. The molecule has 106 valence electrons. The number of nitrogens with zero attached hydrogens (tertiary/aromatic N) is 1. The lowest BCUT2D eigenvalue weighted by Gasteiger charge is -2.18. The fourth-order valence-corrected chi connectivity index (χ4v) is 2.53. The number of hydrogen-bond acceptors (Lipinski definition) is 4. The first-order valence-electron chi connectivity index (χ1n) is 6.89. The molecule has 4 nitrogen and oxygen atoms in total. The Morgan fingerprint density at radius 2 is 2.26 bits per heavy atom. The molecule has 1 aliphatic rings. The van der Waals surface area contributed by atoms with Crippen LogP contribution in [0.4, 0.5) is 0 Å². The van der Waals surface area contributed by atoms with Crippen molar-refractivity contribution in [2.24, 2.45) is 5.73 Å². The Kier molecular flexibility index (Phi) is 4.66. The number of hydrogen-bond donors (Lipinski definition) is 1. The van der Waals surface area contributed by atoms with E-state index in [1.165, 1.54) is 11.1 Å². The van der Waals surface area contributed by atoms with Gasteiger partial charge in [0.1, 0.15) is 17.6 Å². The summed E-state index contributed by atoms with van der Waals surface area (Å²) >= 11 is 0. The summed E-state index contributed by atoms with van der Waals surface area (Å²) in [4.78, 5) is 2.26. The monoisotopic (exact) mass is 264 g/mol. The number of fused-ring (bicyclic) bond motifs is 1. The van der Waals surface area contributed by atoms with E-state index in [4.69, 9.17) is 15.2 Å². The van der Waals surface area contributed by atoms with Crippen molar-refractivity contribution >= 4 is 0 Å². The molecule has 1 heterocycles. The van der Waals surface area contributed by atoms with Gasteiger partial charge in [-0.1, -0.05) is 0 Å². The lowest BCUT2D eigenvalue weighted by Crippen LogP contribution is -2.21. The molecular formula is C15H24N2O2. The highest BCUT2D eigenvalue weighted by Crippen LogP contribution is 2.35. The average Bonchev–Trinajstić information content (AvgIpc) is 2.74. The molecule has 0 aliphatic carbocycles. The third-order valence-corrected chi connectivity index (χ3v) is 3.48. The summed E-state index contributed by atoms with van der Waals surface area (Å²) in [6, 6.07) is 4.24. The second kappa shape index (κ2) is 6.26. The Hall–Kier alpha value is -1.26. The maximum Gasteiger partial charge on any atom is 0.123 e. The zero-order valence-corrected chi connectivity index (χ0v) is 12.1. The maximum atomic E-state index is 5.82. The molecule has 0 aromatic heterocycles. The van der Waals surface area contributed by atoms with Crippen LogP contribution in [0, 0.1) is 0 Å². The zero-order valence-electron chi connectivity index (χ0n) is 12.1. The summed E-state index contributed by atoms with van der Waals surface area (Å²) < 4.78 is 11.3. The number of rotatable bonds is 6. The molecule has 0 fully saturated rings. The summed E-state index contributed by atoms with van der Waals surface area (Å²) in [5, 5.41) is 0. The molecule has 4 heteroatoms. The van der Waals surface area contributed by atoms with Crippen LogP contribution in [0.15, 0.2) is 12.1 Å². The van der Waals surface area contributed by atoms with Crippen molar-refractivity contribution in [3.8, 4) is 11.5 Å². The largest absolute Gasteiger partial charge is 0.496 e. The first-order chi connectivity index (χ1) is 9.13. The molecule has 19 heavy (non-hydrogen) atoms. The van der Waals surface area contributed by atoms with Crippen molar-refractivity contribution in [1.82, 2.24) is 4.90 Å². The van der Waals surface area contributed by atoms with Crippen LogP contribution in [0.2, 0.25) is 0 Å². The van der Waals surface area contributed by atoms with Gasteiger partial charge in [-0.05, 0) is 45.6 Å². The van der Waals surface area contributed by atoms with Gasteiger partial charge in [0, 0.05) is 24.1 Å². The normalized spacial score (nSPS) is 17.4. The van der Waals surface area contributed by atoms with Crippen LogP contribution < -0.4 is 15.2 Å². The molecule has 1 atom stereocenters. The van der Waals surface area contributed by atoms with Gasteiger partial charge in [0.15, 0.2) is 0 Å². The first-order valence-corrected chi connectivity index (χ1v) is 6.89. The van der Waals surface area contributed by atoms with Gasteiger partial charge in [0.05, 0.1) is 7.11 Å². The van der Waals surface area contributed by atoms with Gasteiger partial charge in [-0.15, -0.1) is 0 Å². The van der Waals surface area contributed by atoms with Crippen molar-refractivity contribution in [1.29, 1.82) is 0 Å². The minimum atomic E-state index is 0.268. The highest BCUT2D eigenvalue weighted by molar-refractivity contribution is 5.48. The number of nitrogens with two attached hydrogens (primary N) is 1. The van der Waals surface area contributed by atoms with Crippen molar-refractivity contribution in [2.75, 3.05) is 27.2 Å². The van der Waals surface area contributed by atoms with E-state index >= 15 is 0 Å². The van der Waals surface area contributed by atoms with Crippen LogP contribution >= 0.6 is 0 Å². The highest BCUT2D eigenvalue weighted by atomic mass is 16.5.